The molecule has 22 heavy (non-hydrogen) atoms. The van der Waals surface area contributed by atoms with Gasteiger partial charge < -0.3 is 20.1 Å². The van der Waals surface area contributed by atoms with Crippen molar-refractivity contribution in [2.75, 3.05) is 20.2 Å². The number of esters is 1. The Bertz CT molecular complexity index is 494. The minimum absolute atomic E-state index is 0.233. The van der Waals surface area contributed by atoms with Crippen LogP contribution in [0.2, 0.25) is 0 Å². The minimum Gasteiger partial charge on any atom is -0.469 e. The lowest BCUT2D eigenvalue weighted by Gasteiger charge is -2.19. The number of alkyl carbamates (subject to hydrolysis) is 1. The van der Waals surface area contributed by atoms with E-state index in [1.807, 2.05) is 32.9 Å². The Labute approximate surface area is 135 Å². The third kappa shape index (κ3) is 7.99. The van der Waals surface area contributed by atoms with E-state index in [9.17, 15) is 9.59 Å². The van der Waals surface area contributed by atoms with Gasteiger partial charge in [-0.25, -0.2) is 4.79 Å². The molecule has 2 N–H and O–H groups in total. The monoisotopic (exact) mass is 328 g/mol. The van der Waals surface area contributed by atoms with Gasteiger partial charge in [-0.1, -0.05) is 0 Å². The van der Waals surface area contributed by atoms with Crippen LogP contribution in [0.3, 0.4) is 0 Å². The van der Waals surface area contributed by atoms with Crippen molar-refractivity contribution in [2.24, 2.45) is 0 Å². The van der Waals surface area contributed by atoms with E-state index >= 15 is 0 Å². The summed E-state index contributed by atoms with van der Waals surface area (Å²) in [7, 11) is 1.38. The minimum atomic E-state index is -0.482. The number of nitrogens with one attached hydrogen (secondary N) is 2. The van der Waals surface area contributed by atoms with Gasteiger partial charge >= 0.3 is 12.1 Å². The molecule has 0 saturated heterocycles. The normalized spacial score (nSPS) is 11.1. The second-order valence-electron chi connectivity index (χ2n) is 5.73. The van der Waals surface area contributed by atoms with Crippen LogP contribution in [-0.4, -0.2) is 37.9 Å². The zero-order valence-corrected chi connectivity index (χ0v) is 14.3. The molecule has 7 heteroatoms. The highest BCUT2D eigenvalue weighted by Gasteiger charge is 2.15. The molecule has 0 aromatic carbocycles. The van der Waals surface area contributed by atoms with Gasteiger partial charge in [0, 0.05) is 29.4 Å². The van der Waals surface area contributed by atoms with E-state index in [0.717, 1.165) is 9.75 Å². The Kier molecular flexibility index (Phi) is 7.34. The molecule has 1 rings (SSSR count). The summed E-state index contributed by atoms with van der Waals surface area (Å²) in [5.41, 5.74) is -0.482. The van der Waals surface area contributed by atoms with Crippen LogP contribution in [0.5, 0.6) is 0 Å². The number of methoxy groups -OCH3 is 1. The molecule has 0 aliphatic carbocycles. The molecule has 124 valence electrons. The van der Waals surface area contributed by atoms with E-state index in [2.05, 4.69) is 15.4 Å². The molecule has 0 aliphatic heterocycles. The summed E-state index contributed by atoms with van der Waals surface area (Å²) in [6.45, 7) is 7.31. The van der Waals surface area contributed by atoms with Gasteiger partial charge in [0.05, 0.1) is 13.5 Å². The third-order valence-electron chi connectivity index (χ3n) is 2.53. The molecule has 0 atom stereocenters. The summed E-state index contributed by atoms with van der Waals surface area (Å²) < 4.78 is 9.77. The van der Waals surface area contributed by atoms with Crippen molar-refractivity contribution < 1.29 is 19.1 Å². The Morgan fingerprint density at radius 2 is 1.86 bits per heavy atom. The van der Waals surface area contributed by atoms with Gasteiger partial charge in [-0.2, -0.15) is 0 Å². The highest BCUT2D eigenvalue weighted by atomic mass is 32.1. The second kappa shape index (κ2) is 8.75. The molecule has 0 unspecified atom stereocenters. The summed E-state index contributed by atoms with van der Waals surface area (Å²) in [6.07, 6.45) is -0.104. The summed E-state index contributed by atoms with van der Waals surface area (Å²) >= 11 is 1.57. The molecule has 0 radical (unpaired) electrons. The molecule has 0 bridgehead atoms. The van der Waals surface area contributed by atoms with Crippen molar-refractivity contribution in [3.8, 4) is 0 Å². The van der Waals surface area contributed by atoms with E-state index in [4.69, 9.17) is 4.74 Å². The lowest BCUT2D eigenvalue weighted by atomic mass is 10.2. The van der Waals surface area contributed by atoms with E-state index in [-0.39, 0.29) is 5.97 Å². The first-order valence-electron chi connectivity index (χ1n) is 7.12. The highest BCUT2D eigenvalue weighted by molar-refractivity contribution is 7.12. The van der Waals surface area contributed by atoms with Crippen molar-refractivity contribution in [3.63, 3.8) is 0 Å². The molecule has 0 saturated carbocycles. The fourth-order valence-electron chi connectivity index (χ4n) is 1.61. The maximum Gasteiger partial charge on any atom is 0.407 e. The first-order valence-corrected chi connectivity index (χ1v) is 7.94. The van der Waals surface area contributed by atoms with Crippen LogP contribution >= 0.6 is 11.3 Å². The maximum absolute atomic E-state index is 11.4. The van der Waals surface area contributed by atoms with Crippen molar-refractivity contribution in [1.29, 1.82) is 0 Å². The van der Waals surface area contributed by atoms with Gasteiger partial charge in [-0.05, 0) is 32.9 Å². The molecule has 0 aliphatic rings. The largest absolute Gasteiger partial charge is 0.469 e. The number of carbonyl (C=O) groups excluding carboxylic acids is 2. The number of rotatable bonds is 7. The van der Waals surface area contributed by atoms with Crippen molar-refractivity contribution in [1.82, 2.24) is 10.6 Å². The molecule has 0 fully saturated rings. The van der Waals surface area contributed by atoms with Crippen LogP contribution in [0.15, 0.2) is 12.1 Å². The van der Waals surface area contributed by atoms with Crippen molar-refractivity contribution in [3.05, 3.63) is 21.9 Å². The van der Waals surface area contributed by atoms with Gasteiger partial charge in [0.25, 0.3) is 0 Å². The van der Waals surface area contributed by atoms with Gasteiger partial charge in [0.2, 0.25) is 0 Å². The lowest BCUT2D eigenvalue weighted by Crippen LogP contribution is -2.36. The van der Waals surface area contributed by atoms with Gasteiger partial charge in [-0.15, -0.1) is 11.3 Å². The first kappa shape index (κ1) is 18.4. The molecule has 1 aromatic heterocycles. The Hall–Kier alpha value is -1.60. The number of hydrogen-bond donors (Lipinski definition) is 2. The van der Waals surface area contributed by atoms with Crippen LogP contribution in [-0.2, 0) is 27.2 Å². The predicted octanol–water partition coefficient (Wildman–Crippen LogP) is 2.08. The smallest absolute Gasteiger partial charge is 0.407 e. The number of hydrogen-bond acceptors (Lipinski definition) is 6. The average Bonchev–Trinajstić information content (AvgIpc) is 2.83. The quantitative estimate of drug-likeness (QED) is 0.592. The zero-order valence-electron chi connectivity index (χ0n) is 13.5. The first-order chi connectivity index (χ1) is 10.3. The summed E-state index contributed by atoms with van der Waals surface area (Å²) in [5, 5.41) is 5.91. The molecule has 0 spiro atoms. The fraction of sp³-hybridized carbons (Fsp3) is 0.600. The molecule has 6 nitrogen and oxygen atoms in total. The molecule has 1 aromatic rings. The topological polar surface area (TPSA) is 76.7 Å². The Morgan fingerprint density at radius 3 is 2.50 bits per heavy atom. The SMILES string of the molecule is COC(=O)Cc1ccc(CNCCNC(=O)OC(C)(C)C)s1. The maximum atomic E-state index is 11.4. The van der Waals surface area contributed by atoms with E-state index in [1.54, 1.807) is 11.3 Å². The highest BCUT2D eigenvalue weighted by Crippen LogP contribution is 2.17. The fourth-order valence-corrected chi connectivity index (χ4v) is 2.58. The zero-order chi connectivity index (χ0) is 16.6. The van der Waals surface area contributed by atoms with E-state index < -0.39 is 11.7 Å². The van der Waals surface area contributed by atoms with Crippen LogP contribution < -0.4 is 10.6 Å². The van der Waals surface area contributed by atoms with Crippen LogP contribution in [0.1, 0.15) is 30.5 Å². The van der Waals surface area contributed by atoms with Crippen LogP contribution in [0, 0.1) is 0 Å². The Balaban J connectivity index is 2.17. The number of carbonyl (C=O) groups is 2. The average molecular weight is 328 g/mol. The van der Waals surface area contributed by atoms with Crippen LogP contribution in [0.25, 0.3) is 0 Å². The second-order valence-corrected chi connectivity index (χ2v) is 6.98. The number of ether oxygens (including phenoxy) is 2. The van der Waals surface area contributed by atoms with Crippen LogP contribution in [0.4, 0.5) is 4.79 Å². The standard InChI is InChI=1S/C15H24N2O4S/c1-15(2,3)21-14(19)17-8-7-16-10-12-6-5-11(22-12)9-13(18)20-4/h5-6,16H,7-10H2,1-4H3,(H,17,19). The molecular formula is C15H24N2O4S. The predicted molar refractivity (Wildman–Crippen MR) is 86.0 cm³/mol. The van der Waals surface area contributed by atoms with E-state index in [0.29, 0.717) is 26.1 Å². The number of thiophene rings is 1. The summed E-state index contributed by atoms with van der Waals surface area (Å²) in [5.74, 6) is -0.233. The van der Waals surface area contributed by atoms with Gasteiger partial charge in [0.15, 0.2) is 0 Å². The van der Waals surface area contributed by atoms with E-state index in [1.165, 1.54) is 7.11 Å². The Morgan fingerprint density at radius 1 is 1.18 bits per heavy atom. The number of amides is 1. The molecule has 1 amide bonds. The summed E-state index contributed by atoms with van der Waals surface area (Å²) in [6, 6.07) is 3.91. The van der Waals surface area contributed by atoms with Gasteiger partial charge in [-0.3, -0.25) is 4.79 Å². The van der Waals surface area contributed by atoms with Crippen molar-refractivity contribution >= 4 is 23.4 Å². The summed E-state index contributed by atoms with van der Waals surface area (Å²) in [4.78, 5) is 24.7. The third-order valence-corrected chi connectivity index (χ3v) is 3.62. The molecule has 1 heterocycles. The molecular weight excluding hydrogens is 304 g/mol. The van der Waals surface area contributed by atoms with Crippen molar-refractivity contribution in [2.45, 2.75) is 39.3 Å². The van der Waals surface area contributed by atoms with Gasteiger partial charge in [0.1, 0.15) is 5.60 Å². The lowest BCUT2D eigenvalue weighted by molar-refractivity contribution is -0.139.